The average molecular weight is 309 g/mol. The molecular weight excluding hydrogens is 288 g/mol. The third-order valence-electron chi connectivity index (χ3n) is 4.63. The second-order valence-electron chi connectivity index (χ2n) is 5.75. The second-order valence-corrected chi connectivity index (χ2v) is 6.60. The van der Waals surface area contributed by atoms with Crippen LogP contribution in [0.25, 0.3) is 0 Å². The minimum absolute atomic E-state index is 0.615. The highest BCUT2D eigenvalue weighted by atomic mass is 79.9. The lowest BCUT2D eigenvalue weighted by atomic mass is 10.1. The molecule has 0 aromatic heterocycles. The highest BCUT2D eigenvalue weighted by Crippen LogP contribution is 2.42. The fourth-order valence-corrected chi connectivity index (χ4v) is 4.29. The standard InChI is InChI=1S/C15H21BrN2/c1-10-7-11(8-17)9-18(10)15-6-5-12-13(15)3-2-4-14(12)16/h2-4,10-11,15H,5-9,17H2,1H3. The third-order valence-corrected chi connectivity index (χ3v) is 5.37. The summed E-state index contributed by atoms with van der Waals surface area (Å²) in [5, 5.41) is 0. The van der Waals surface area contributed by atoms with E-state index >= 15 is 0 Å². The van der Waals surface area contributed by atoms with E-state index in [1.165, 1.54) is 41.4 Å². The van der Waals surface area contributed by atoms with Crippen LogP contribution in [0.5, 0.6) is 0 Å². The lowest BCUT2D eigenvalue weighted by Gasteiger charge is -2.29. The van der Waals surface area contributed by atoms with Gasteiger partial charge in [0.05, 0.1) is 0 Å². The maximum atomic E-state index is 5.84. The first-order valence-corrected chi connectivity index (χ1v) is 7.73. The van der Waals surface area contributed by atoms with Crippen LogP contribution in [-0.4, -0.2) is 24.0 Å². The predicted octanol–water partition coefficient (Wildman–Crippen LogP) is 3.11. The number of likely N-dealkylation sites (tertiary alicyclic amines) is 1. The molecule has 1 aliphatic carbocycles. The van der Waals surface area contributed by atoms with E-state index in [1.54, 1.807) is 0 Å². The third kappa shape index (κ3) is 2.02. The minimum Gasteiger partial charge on any atom is -0.330 e. The van der Waals surface area contributed by atoms with Crippen LogP contribution in [0, 0.1) is 5.92 Å². The summed E-state index contributed by atoms with van der Waals surface area (Å²) in [6.45, 7) is 4.36. The summed E-state index contributed by atoms with van der Waals surface area (Å²) in [6, 6.07) is 7.93. The van der Waals surface area contributed by atoms with E-state index in [2.05, 4.69) is 46.0 Å². The van der Waals surface area contributed by atoms with Gasteiger partial charge in [-0.25, -0.2) is 0 Å². The molecule has 0 saturated carbocycles. The van der Waals surface area contributed by atoms with Crippen molar-refractivity contribution >= 4 is 15.9 Å². The molecule has 0 bridgehead atoms. The Bertz CT molecular complexity index is 446. The van der Waals surface area contributed by atoms with E-state index in [4.69, 9.17) is 5.73 Å². The second kappa shape index (κ2) is 4.95. The van der Waals surface area contributed by atoms with Crippen LogP contribution < -0.4 is 5.73 Å². The number of fused-ring (bicyclic) bond motifs is 1. The smallest absolute Gasteiger partial charge is 0.0357 e. The first kappa shape index (κ1) is 12.6. The van der Waals surface area contributed by atoms with Gasteiger partial charge in [-0.15, -0.1) is 0 Å². The average Bonchev–Trinajstić information content (AvgIpc) is 2.93. The van der Waals surface area contributed by atoms with Crippen LogP contribution in [0.1, 0.15) is 36.9 Å². The summed E-state index contributed by atoms with van der Waals surface area (Å²) in [7, 11) is 0. The van der Waals surface area contributed by atoms with Crippen LogP contribution in [-0.2, 0) is 6.42 Å². The lowest BCUT2D eigenvalue weighted by Crippen LogP contribution is -2.31. The zero-order valence-corrected chi connectivity index (χ0v) is 12.5. The Hall–Kier alpha value is -0.380. The minimum atomic E-state index is 0.615. The molecule has 3 heteroatoms. The van der Waals surface area contributed by atoms with E-state index in [-0.39, 0.29) is 0 Å². The molecule has 1 fully saturated rings. The summed E-state index contributed by atoms with van der Waals surface area (Å²) in [4.78, 5) is 2.68. The normalized spacial score (nSPS) is 31.8. The van der Waals surface area contributed by atoms with Gasteiger partial charge in [0, 0.05) is 23.1 Å². The van der Waals surface area contributed by atoms with Crippen LogP contribution in [0.3, 0.4) is 0 Å². The van der Waals surface area contributed by atoms with Gasteiger partial charge >= 0.3 is 0 Å². The van der Waals surface area contributed by atoms with Gasteiger partial charge in [0.15, 0.2) is 0 Å². The van der Waals surface area contributed by atoms with Gasteiger partial charge in [0.25, 0.3) is 0 Å². The van der Waals surface area contributed by atoms with E-state index < -0.39 is 0 Å². The van der Waals surface area contributed by atoms with Gasteiger partial charge in [-0.05, 0) is 55.8 Å². The maximum absolute atomic E-state index is 5.84. The number of hydrogen-bond donors (Lipinski definition) is 1. The van der Waals surface area contributed by atoms with E-state index in [1.807, 2.05) is 0 Å². The topological polar surface area (TPSA) is 29.3 Å². The molecule has 3 unspecified atom stereocenters. The lowest BCUT2D eigenvalue weighted by molar-refractivity contribution is 0.187. The first-order valence-electron chi connectivity index (χ1n) is 6.93. The molecule has 0 spiro atoms. The van der Waals surface area contributed by atoms with Gasteiger partial charge in [-0.2, -0.15) is 0 Å². The molecule has 3 rings (SSSR count). The molecule has 1 aromatic rings. The van der Waals surface area contributed by atoms with Gasteiger partial charge in [0.1, 0.15) is 0 Å². The van der Waals surface area contributed by atoms with Crippen molar-refractivity contribution in [3.8, 4) is 0 Å². The van der Waals surface area contributed by atoms with Crippen molar-refractivity contribution in [2.45, 2.75) is 38.3 Å². The summed E-state index contributed by atoms with van der Waals surface area (Å²) in [5.41, 5.74) is 8.90. The highest BCUT2D eigenvalue weighted by Gasteiger charge is 2.37. The molecule has 2 N–H and O–H groups in total. The molecule has 98 valence electrons. The highest BCUT2D eigenvalue weighted by molar-refractivity contribution is 9.10. The Morgan fingerprint density at radius 1 is 1.44 bits per heavy atom. The molecule has 2 nitrogen and oxygen atoms in total. The molecule has 1 aliphatic heterocycles. The predicted molar refractivity (Wildman–Crippen MR) is 78.5 cm³/mol. The first-order chi connectivity index (χ1) is 8.70. The molecule has 2 aliphatic rings. The fourth-order valence-electron chi connectivity index (χ4n) is 3.71. The zero-order chi connectivity index (χ0) is 12.7. The quantitative estimate of drug-likeness (QED) is 0.909. The van der Waals surface area contributed by atoms with Crippen molar-refractivity contribution in [1.29, 1.82) is 0 Å². The summed E-state index contributed by atoms with van der Waals surface area (Å²) in [6.07, 6.45) is 3.73. The van der Waals surface area contributed by atoms with Crippen molar-refractivity contribution < 1.29 is 0 Å². The van der Waals surface area contributed by atoms with E-state index in [0.717, 1.165) is 6.54 Å². The molecule has 1 aromatic carbocycles. The Balaban J connectivity index is 1.86. The van der Waals surface area contributed by atoms with Gasteiger partial charge in [-0.3, -0.25) is 4.90 Å². The number of hydrogen-bond acceptors (Lipinski definition) is 2. The summed E-state index contributed by atoms with van der Waals surface area (Å²) >= 11 is 3.69. The van der Waals surface area contributed by atoms with Crippen LogP contribution in [0.4, 0.5) is 0 Å². The van der Waals surface area contributed by atoms with E-state index in [0.29, 0.717) is 18.0 Å². The number of benzene rings is 1. The van der Waals surface area contributed by atoms with Crippen LogP contribution in [0.15, 0.2) is 22.7 Å². The summed E-state index contributed by atoms with van der Waals surface area (Å²) in [5.74, 6) is 0.691. The van der Waals surface area contributed by atoms with Gasteiger partial charge < -0.3 is 5.73 Å². The van der Waals surface area contributed by atoms with Gasteiger partial charge in [0.2, 0.25) is 0 Å². The number of nitrogens with zero attached hydrogens (tertiary/aromatic N) is 1. The van der Waals surface area contributed by atoms with Crippen molar-refractivity contribution in [3.63, 3.8) is 0 Å². The van der Waals surface area contributed by atoms with Crippen molar-refractivity contribution in [1.82, 2.24) is 4.90 Å². The zero-order valence-electron chi connectivity index (χ0n) is 10.9. The number of rotatable bonds is 2. The van der Waals surface area contributed by atoms with Crippen molar-refractivity contribution in [2.24, 2.45) is 11.7 Å². The monoisotopic (exact) mass is 308 g/mol. The van der Waals surface area contributed by atoms with Crippen molar-refractivity contribution in [3.05, 3.63) is 33.8 Å². The van der Waals surface area contributed by atoms with Crippen molar-refractivity contribution in [2.75, 3.05) is 13.1 Å². The van der Waals surface area contributed by atoms with Gasteiger partial charge in [-0.1, -0.05) is 28.1 Å². The number of nitrogens with two attached hydrogens (primary N) is 1. The van der Waals surface area contributed by atoms with Crippen LogP contribution in [0.2, 0.25) is 0 Å². The number of halogens is 1. The Morgan fingerprint density at radius 2 is 2.28 bits per heavy atom. The molecule has 0 radical (unpaired) electrons. The molecule has 18 heavy (non-hydrogen) atoms. The molecule has 1 saturated heterocycles. The Labute approximate surface area is 118 Å². The SMILES string of the molecule is CC1CC(CN)CN1C1CCc2c(Br)cccc21. The largest absolute Gasteiger partial charge is 0.330 e. The Morgan fingerprint density at radius 3 is 3.00 bits per heavy atom. The van der Waals surface area contributed by atoms with E-state index in [9.17, 15) is 0 Å². The molecule has 3 atom stereocenters. The fraction of sp³-hybridized carbons (Fsp3) is 0.600. The summed E-state index contributed by atoms with van der Waals surface area (Å²) < 4.78 is 1.28. The van der Waals surface area contributed by atoms with Crippen LogP contribution >= 0.6 is 15.9 Å². The molecule has 1 heterocycles. The molecule has 0 amide bonds. The maximum Gasteiger partial charge on any atom is 0.0357 e. The Kier molecular flexibility index (Phi) is 3.48. The molecular formula is C15H21BrN2.